The molecule has 1 amide bonds. The lowest BCUT2D eigenvalue weighted by Crippen LogP contribution is -2.51. The van der Waals surface area contributed by atoms with E-state index in [1.54, 1.807) is 22.9 Å². The summed E-state index contributed by atoms with van der Waals surface area (Å²) < 4.78 is 38.9. The number of thiophene rings is 1. The van der Waals surface area contributed by atoms with Gasteiger partial charge in [-0.1, -0.05) is 59.2 Å². The molecular formula is C35H38Cl2N6O4S2. The van der Waals surface area contributed by atoms with Crippen LogP contribution in [0.3, 0.4) is 0 Å². The number of amides is 1. The fraction of sp³-hybridized carbons (Fsp3) is 0.371. The lowest BCUT2D eigenvalue weighted by Gasteiger charge is -2.34. The largest absolute Gasteiger partial charge is 0.373 e. The Morgan fingerprint density at radius 3 is 2.41 bits per heavy atom. The van der Waals surface area contributed by atoms with Crippen LogP contribution in [0.4, 0.5) is 0 Å². The first-order chi connectivity index (χ1) is 23.5. The van der Waals surface area contributed by atoms with Gasteiger partial charge in [0.05, 0.1) is 38.4 Å². The lowest BCUT2D eigenvalue weighted by atomic mass is 10.1. The first kappa shape index (κ1) is 35.6. The highest BCUT2D eigenvalue weighted by Crippen LogP contribution is 2.37. The number of aromatic nitrogens is 2. The molecule has 2 saturated heterocycles. The van der Waals surface area contributed by atoms with E-state index in [1.807, 2.05) is 62.2 Å². The van der Waals surface area contributed by atoms with Crippen LogP contribution >= 0.6 is 34.5 Å². The van der Waals surface area contributed by atoms with Gasteiger partial charge in [-0.05, 0) is 76.1 Å². The summed E-state index contributed by atoms with van der Waals surface area (Å²) in [6.07, 6.45) is 2.50. The van der Waals surface area contributed by atoms with Crippen molar-refractivity contribution in [3.63, 3.8) is 0 Å². The van der Waals surface area contributed by atoms with Gasteiger partial charge in [-0.25, -0.2) is 9.69 Å². The first-order valence-corrected chi connectivity index (χ1v) is 19.2. The second-order valence-electron chi connectivity index (χ2n) is 12.4. The molecule has 2 aliphatic rings. The number of aryl methyl sites for hydroxylation is 1. The second-order valence-corrected chi connectivity index (χ2v) is 16.0. The van der Waals surface area contributed by atoms with Crippen LogP contribution in [0, 0.1) is 18.8 Å². The molecule has 2 atom stereocenters. The van der Waals surface area contributed by atoms with Gasteiger partial charge in [0.2, 0.25) is 0 Å². The summed E-state index contributed by atoms with van der Waals surface area (Å²) in [5, 5.41) is 7.46. The van der Waals surface area contributed by atoms with Crippen LogP contribution in [0.25, 0.3) is 16.3 Å². The number of piperidine rings is 1. The predicted octanol–water partition coefficient (Wildman–Crippen LogP) is 6.19. The van der Waals surface area contributed by atoms with Gasteiger partial charge in [0.15, 0.2) is 5.69 Å². The average Bonchev–Trinajstić information content (AvgIpc) is 3.68. The molecule has 2 aliphatic heterocycles. The van der Waals surface area contributed by atoms with Gasteiger partial charge in [-0.15, -0.1) is 11.3 Å². The monoisotopic (exact) mass is 740 g/mol. The third kappa shape index (κ3) is 8.56. The fourth-order valence-electron chi connectivity index (χ4n) is 5.97. The van der Waals surface area contributed by atoms with Gasteiger partial charge in [0.1, 0.15) is 0 Å². The van der Waals surface area contributed by atoms with Crippen molar-refractivity contribution in [2.75, 3.05) is 26.2 Å². The molecule has 0 aliphatic carbocycles. The number of nitrogens with one attached hydrogen (secondary N) is 2. The maximum Gasteiger partial charge on any atom is 0.286 e. The number of carbonyl (C=O) groups is 1. The van der Waals surface area contributed by atoms with E-state index < -0.39 is 16.1 Å². The van der Waals surface area contributed by atoms with Crippen molar-refractivity contribution in [1.82, 2.24) is 29.2 Å². The van der Waals surface area contributed by atoms with Crippen molar-refractivity contribution in [2.45, 2.75) is 58.8 Å². The standard InChI is InChI=1S/C35H38Cl2N6O4S2/c1-23-7-9-26(10-8-23)11-13-28-14-16-32(48-28)34-29(20-38-49(45,46)42-21-24(2)47-25(3)22-42)33(35(44)40-41-17-5-4-6-18-41)39-43(34)31-15-12-27(36)19-30(31)37/h7-10,12,14-16,19,24-25,38H,4-6,17-18,20-22H2,1-3H3,(H,40,44). The quantitative estimate of drug-likeness (QED) is 0.209. The predicted molar refractivity (Wildman–Crippen MR) is 194 cm³/mol. The number of hydrazine groups is 1. The molecule has 10 nitrogen and oxygen atoms in total. The lowest BCUT2D eigenvalue weighted by molar-refractivity contribution is -0.0444. The van der Waals surface area contributed by atoms with Crippen molar-refractivity contribution in [3.8, 4) is 28.1 Å². The van der Waals surface area contributed by atoms with Gasteiger partial charge in [0.25, 0.3) is 16.1 Å². The van der Waals surface area contributed by atoms with Crippen LogP contribution in [0.2, 0.25) is 10.0 Å². The van der Waals surface area contributed by atoms with Crippen molar-refractivity contribution >= 4 is 50.7 Å². The molecule has 49 heavy (non-hydrogen) atoms. The summed E-state index contributed by atoms with van der Waals surface area (Å²) >= 11 is 14.4. The number of benzene rings is 2. The number of ether oxygens (including phenoxy) is 1. The highest BCUT2D eigenvalue weighted by Gasteiger charge is 2.33. The molecule has 2 aromatic heterocycles. The number of hydrogen-bond donors (Lipinski definition) is 2. The van der Waals surface area contributed by atoms with E-state index in [-0.39, 0.29) is 37.5 Å². The summed E-state index contributed by atoms with van der Waals surface area (Å²) in [5.41, 5.74) is 6.53. The normalized spacial score (nSPS) is 19.0. The molecule has 4 aromatic rings. The molecule has 0 saturated carbocycles. The minimum Gasteiger partial charge on any atom is -0.373 e. The summed E-state index contributed by atoms with van der Waals surface area (Å²) in [5.74, 6) is 6.01. The maximum atomic E-state index is 14.0. The van der Waals surface area contributed by atoms with E-state index in [1.165, 1.54) is 15.6 Å². The molecule has 6 rings (SSSR count). The Hall–Kier alpha value is -3.25. The van der Waals surface area contributed by atoms with E-state index in [4.69, 9.17) is 33.0 Å². The Bertz CT molecular complexity index is 1990. The third-order valence-electron chi connectivity index (χ3n) is 8.33. The SMILES string of the molecule is Cc1ccc(C#Cc2ccc(-c3c(CNS(=O)(=O)N4CC(C)OC(C)C4)c(C(=O)NN4CCCCC4)nn3-c3ccc(Cl)cc3Cl)s2)cc1. The Morgan fingerprint density at radius 1 is 1.00 bits per heavy atom. The summed E-state index contributed by atoms with van der Waals surface area (Å²) in [4.78, 5) is 15.5. The van der Waals surface area contributed by atoms with E-state index in [0.717, 1.165) is 40.1 Å². The number of morpholine rings is 1. The maximum absolute atomic E-state index is 14.0. The van der Waals surface area contributed by atoms with Crippen LogP contribution in [-0.2, 0) is 21.5 Å². The van der Waals surface area contributed by atoms with Crippen molar-refractivity contribution in [2.24, 2.45) is 0 Å². The molecule has 0 radical (unpaired) electrons. The third-order valence-corrected chi connectivity index (χ3v) is 11.4. The fourth-order valence-corrected chi connectivity index (χ4v) is 8.70. The van der Waals surface area contributed by atoms with Gasteiger partial charge < -0.3 is 4.74 Å². The second kappa shape index (κ2) is 15.3. The van der Waals surface area contributed by atoms with Crippen molar-refractivity contribution < 1.29 is 17.9 Å². The number of nitrogens with zero attached hydrogens (tertiary/aromatic N) is 4. The van der Waals surface area contributed by atoms with Crippen LogP contribution in [-0.4, -0.2) is 71.8 Å². The molecule has 2 N–H and O–H groups in total. The first-order valence-electron chi connectivity index (χ1n) is 16.2. The highest BCUT2D eigenvalue weighted by molar-refractivity contribution is 7.87. The van der Waals surface area contributed by atoms with Gasteiger partial charge in [0, 0.05) is 48.9 Å². The van der Waals surface area contributed by atoms with Gasteiger partial charge >= 0.3 is 0 Å². The van der Waals surface area contributed by atoms with Crippen LogP contribution < -0.4 is 10.1 Å². The zero-order valence-electron chi connectivity index (χ0n) is 27.5. The van der Waals surface area contributed by atoms with Crippen LogP contribution in [0.15, 0.2) is 54.6 Å². The zero-order valence-corrected chi connectivity index (χ0v) is 30.6. The summed E-state index contributed by atoms with van der Waals surface area (Å²) in [7, 11) is -3.96. The minimum absolute atomic E-state index is 0.0821. The van der Waals surface area contributed by atoms with E-state index in [9.17, 15) is 13.2 Å². The van der Waals surface area contributed by atoms with Crippen molar-refractivity contribution in [1.29, 1.82) is 0 Å². The summed E-state index contributed by atoms with van der Waals surface area (Å²) in [6.45, 7) is 7.36. The average molecular weight is 742 g/mol. The Morgan fingerprint density at radius 2 is 1.71 bits per heavy atom. The summed E-state index contributed by atoms with van der Waals surface area (Å²) in [6, 6.07) is 16.8. The number of hydrogen-bond acceptors (Lipinski definition) is 7. The Balaban J connectivity index is 1.44. The molecule has 0 bridgehead atoms. The molecular weight excluding hydrogens is 703 g/mol. The Labute approximate surface area is 301 Å². The smallest absolute Gasteiger partial charge is 0.286 e. The highest BCUT2D eigenvalue weighted by atomic mass is 35.5. The van der Waals surface area contributed by atoms with E-state index in [2.05, 4.69) is 22.0 Å². The van der Waals surface area contributed by atoms with Crippen LogP contribution in [0.1, 0.15) is 65.2 Å². The number of carbonyl (C=O) groups excluding carboxylic acids is 1. The van der Waals surface area contributed by atoms with Gasteiger partial charge in [-0.3, -0.25) is 10.2 Å². The zero-order chi connectivity index (χ0) is 34.7. The molecule has 258 valence electrons. The topological polar surface area (TPSA) is 109 Å². The van der Waals surface area contributed by atoms with Gasteiger partial charge in [-0.2, -0.15) is 22.5 Å². The number of halogens is 2. The number of rotatable bonds is 8. The van der Waals surface area contributed by atoms with E-state index >= 15 is 0 Å². The van der Waals surface area contributed by atoms with Crippen molar-refractivity contribution in [3.05, 3.63) is 91.9 Å². The van der Waals surface area contributed by atoms with Crippen LogP contribution in [0.5, 0.6) is 0 Å². The molecule has 2 fully saturated rings. The molecule has 14 heteroatoms. The minimum atomic E-state index is -3.96. The molecule has 2 aromatic carbocycles. The molecule has 4 heterocycles. The molecule has 2 unspecified atom stereocenters. The van der Waals surface area contributed by atoms with E-state index in [0.29, 0.717) is 40.1 Å². The Kier molecular flexibility index (Phi) is 11.1. The molecule has 0 spiro atoms.